The third-order valence-corrected chi connectivity index (χ3v) is 1.81. The van der Waals surface area contributed by atoms with Crippen molar-refractivity contribution in [3.63, 3.8) is 0 Å². The molecule has 0 aliphatic heterocycles. The van der Waals surface area contributed by atoms with Gasteiger partial charge in [0.2, 0.25) is 0 Å². The molecule has 0 saturated carbocycles. The Labute approximate surface area is 72.9 Å². The van der Waals surface area contributed by atoms with Gasteiger partial charge in [-0.05, 0) is 25.7 Å². The summed E-state index contributed by atoms with van der Waals surface area (Å²) in [6.07, 6.45) is 9.66. The molecule has 12 heavy (non-hydrogen) atoms. The van der Waals surface area contributed by atoms with Crippen molar-refractivity contribution in [2.24, 2.45) is 0 Å². The highest BCUT2D eigenvalue weighted by atomic mass is 15.3. The number of rotatable bonds is 6. The number of aromatic amines is 1. The lowest BCUT2D eigenvalue weighted by Gasteiger charge is -1.95. The fraction of sp³-hybridized carbons (Fsp3) is 0.556. The van der Waals surface area contributed by atoms with Gasteiger partial charge in [-0.1, -0.05) is 17.7 Å². The summed E-state index contributed by atoms with van der Waals surface area (Å²) in [6, 6.07) is 0. The van der Waals surface area contributed by atoms with E-state index in [1.54, 1.807) is 0 Å². The first kappa shape index (κ1) is 8.97. The molecule has 0 amide bonds. The fourth-order valence-electron chi connectivity index (χ4n) is 1.12. The first-order chi connectivity index (χ1) is 5.93. The molecule has 0 aliphatic rings. The molecule has 3 nitrogen and oxygen atoms in total. The lowest BCUT2D eigenvalue weighted by molar-refractivity contribution is 0.678. The zero-order chi connectivity index (χ0) is 8.65. The summed E-state index contributed by atoms with van der Waals surface area (Å²) in [5, 5.41) is 10.3. The van der Waals surface area contributed by atoms with Crippen LogP contribution in [0.4, 0.5) is 0 Å². The monoisotopic (exact) mass is 165 g/mol. The molecule has 1 rings (SSSR count). The van der Waals surface area contributed by atoms with E-state index >= 15 is 0 Å². The maximum atomic E-state index is 3.91. The van der Waals surface area contributed by atoms with Crippen LogP contribution in [0.2, 0.25) is 0 Å². The quantitative estimate of drug-likeness (QED) is 0.518. The predicted octanol–water partition coefficient (Wildman–Crippen LogP) is 2.09. The molecule has 0 atom stereocenters. The summed E-state index contributed by atoms with van der Waals surface area (Å²) in [5.41, 5.74) is 1.06. The highest BCUT2D eigenvalue weighted by Crippen LogP contribution is 2.04. The van der Waals surface area contributed by atoms with Gasteiger partial charge in [-0.3, -0.25) is 5.10 Å². The first-order valence-corrected chi connectivity index (χ1v) is 4.39. The van der Waals surface area contributed by atoms with Crippen molar-refractivity contribution in [2.45, 2.75) is 32.1 Å². The van der Waals surface area contributed by atoms with Gasteiger partial charge in [0.1, 0.15) is 0 Å². The van der Waals surface area contributed by atoms with Gasteiger partial charge in [0.25, 0.3) is 0 Å². The maximum absolute atomic E-state index is 3.91. The zero-order valence-corrected chi connectivity index (χ0v) is 7.29. The summed E-state index contributed by atoms with van der Waals surface area (Å²) in [7, 11) is 0. The predicted molar refractivity (Wildman–Crippen MR) is 48.8 cm³/mol. The van der Waals surface area contributed by atoms with Crippen molar-refractivity contribution in [2.75, 3.05) is 0 Å². The van der Waals surface area contributed by atoms with Crippen LogP contribution in [0.5, 0.6) is 0 Å². The zero-order valence-electron chi connectivity index (χ0n) is 7.29. The highest BCUT2D eigenvalue weighted by molar-refractivity contribution is 4.89. The van der Waals surface area contributed by atoms with E-state index in [4.69, 9.17) is 0 Å². The average Bonchev–Trinajstić information content (AvgIpc) is 2.57. The molecule has 0 aromatic carbocycles. The van der Waals surface area contributed by atoms with Crippen LogP contribution in [0.25, 0.3) is 0 Å². The van der Waals surface area contributed by atoms with Crippen LogP contribution in [0, 0.1) is 0 Å². The number of hydrogen-bond acceptors (Lipinski definition) is 2. The Morgan fingerprint density at radius 2 is 2.33 bits per heavy atom. The number of nitrogens with zero attached hydrogens (tertiary/aromatic N) is 2. The van der Waals surface area contributed by atoms with Crippen molar-refractivity contribution in [1.29, 1.82) is 0 Å². The minimum Gasteiger partial charge on any atom is -0.265 e. The summed E-state index contributed by atoms with van der Waals surface area (Å²) in [4.78, 5) is 0. The van der Waals surface area contributed by atoms with Crippen molar-refractivity contribution in [3.05, 3.63) is 24.5 Å². The van der Waals surface area contributed by atoms with Gasteiger partial charge in [0.15, 0.2) is 0 Å². The Morgan fingerprint density at radius 1 is 1.42 bits per heavy atom. The van der Waals surface area contributed by atoms with E-state index < -0.39 is 0 Å². The molecule has 0 radical (unpaired) electrons. The number of aromatic nitrogens is 3. The Morgan fingerprint density at radius 3 is 3.00 bits per heavy atom. The smallest absolute Gasteiger partial charge is 0.0824 e. The van der Waals surface area contributed by atoms with E-state index in [-0.39, 0.29) is 0 Å². The van der Waals surface area contributed by atoms with E-state index in [1.807, 2.05) is 12.3 Å². The van der Waals surface area contributed by atoms with E-state index in [0.717, 1.165) is 18.5 Å². The summed E-state index contributed by atoms with van der Waals surface area (Å²) in [5.74, 6) is 0. The summed E-state index contributed by atoms with van der Waals surface area (Å²) in [6.45, 7) is 3.68. The molecule has 0 fully saturated rings. The average molecular weight is 165 g/mol. The molecule has 3 heteroatoms. The van der Waals surface area contributed by atoms with Gasteiger partial charge in [-0.2, -0.15) is 0 Å². The van der Waals surface area contributed by atoms with Crippen LogP contribution in [0.1, 0.15) is 31.4 Å². The van der Waals surface area contributed by atoms with Crippen LogP contribution in [0.15, 0.2) is 18.9 Å². The molecule has 0 aliphatic carbocycles. The van der Waals surface area contributed by atoms with Crippen molar-refractivity contribution in [1.82, 2.24) is 15.4 Å². The van der Waals surface area contributed by atoms with Gasteiger partial charge in [-0.15, -0.1) is 11.7 Å². The van der Waals surface area contributed by atoms with Crippen LogP contribution in [0.3, 0.4) is 0 Å². The Balaban J connectivity index is 2.00. The lowest BCUT2D eigenvalue weighted by atomic mass is 10.1. The first-order valence-electron chi connectivity index (χ1n) is 4.39. The van der Waals surface area contributed by atoms with Crippen molar-refractivity contribution >= 4 is 0 Å². The topological polar surface area (TPSA) is 41.6 Å². The second kappa shape index (κ2) is 5.52. The van der Waals surface area contributed by atoms with Crippen LogP contribution in [-0.4, -0.2) is 15.4 Å². The number of hydrogen-bond donors (Lipinski definition) is 1. The molecule has 0 unspecified atom stereocenters. The maximum Gasteiger partial charge on any atom is 0.0824 e. The Kier molecular flexibility index (Phi) is 4.13. The lowest BCUT2D eigenvalue weighted by Crippen LogP contribution is -1.85. The number of unbranched alkanes of at least 4 members (excludes halogenated alkanes) is 3. The van der Waals surface area contributed by atoms with E-state index in [9.17, 15) is 0 Å². The molecular formula is C9H15N3. The SMILES string of the molecule is C=CCCCCCc1c[nH]nn1. The second-order valence-corrected chi connectivity index (χ2v) is 2.85. The van der Waals surface area contributed by atoms with E-state index in [2.05, 4.69) is 22.0 Å². The molecule has 0 saturated heterocycles. The normalized spacial score (nSPS) is 10.0. The molecule has 0 bridgehead atoms. The molecule has 66 valence electrons. The fourth-order valence-corrected chi connectivity index (χ4v) is 1.12. The third kappa shape index (κ3) is 3.32. The van der Waals surface area contributed by atoms with Gasteiger partial charge in [-0.25, -0.2) is 0 Å². The van der Waals surface area contributed by atoms with Crippen LogP contribution >= 0.6 is 0 Å². The minimum atomic E-state index is 1.04. The van der Waals surface area contributed by atoms with Gasteiger partial charge in [0, 0.05) is 6.20 Å². The molecule has 1 aromatic heterocycles. The Bertz CT molecular complexity index is 204. The van der Waals surface area contributed by atoms with Crippen molar-refractivity contribution in [3.8, 4) is 0 Å². The number of H-pyrrole nitrogens is 1. The molecular weight excluding hydrogens is 150 g/mol. The summed E-state index contributed by atoms with van der Waals surface area (Å²) >= 11 is 0. The van der Waals surface area contributed by atoms with Crippen molar-refractivity contribution < 1.29 is 0 Å². The largest absolute Gasteiger partial charge is 0.265 e. The second-order valence-electron chi connectivity index (χ2n) is 2.85. The number of aryl methyl sites for hydroxylation is 1. The molecule has 0 spiro atoms. The molecule has 1 heterocycles. The van der Waals surface area contributed by atoms with Crippen LogP contribution in [-0.2, 0) is 6.42 Å². The molecule has 1 aromatic rings. The van der Waals surface area contributed by atoms with E-state index in [0.29, 0.717) is 0 Å². The number of nitrogens with one attached hydrogen (secondary N) is 1. The van der Waals surface area contributed by atoms with E-state index in [1.165, 1.54) is 19.3 Å². The molecule has 1 N–H and O–H groups in total. The van der Waals surface area contributed by atoms with Crippen LogP contribution < -0.4 is 0 Å². The highest BCUT2D eigenvalue weighted by Gasteiger charge is 1.94. The Hall–Kier alpha value is -1.12. The third-order valence-electron chi connectivity index (χ3n) is 1.81. The standard InChI is InChI=1S/C9H15N3/c1-2-3-4-5-6-7-9-8-10-12-11-9/h2,8H,1,3-7H2,(H,10,11,12). The number of allylic oxidation sites excluding steroid dienone is 1. The minimum absolute atomic E-state index is 1.04. The van der Waals surface area contributed by atoms with Gasteiger partial charge >= 0.3 is 0 Å². The van der Waals surface area contributed by atoms with Gasteiger partial charge < -0.3 is 0 Å². The van der Waals surface area contributed by atoms with Gasteiger partial charge in [0.05, 0.1) is 5.69 Å². The summed E-state index contributed by atoms with van der Waals surface area (Å²) < 4.78 is 0.